The molecule has 3 nitrogen and oxygen atoms in total. The van der Waals surface area contributed by atoms with E-state index >= 15 is 0 Å². The molecule has 14 rings (SSSR count). The highest BCUT2D eigenvalue weighted by atomic mass is 15.1. The minimum absolute atomic E-state index is 1.08. The summed E-state index contributed by atoms with van der Waals surface area (Å²) in [5.41, 5.74) is 18.8. The van der Waals surface area contributed by atoms with Crippen LogP contribution in [0.3, 0.4) is 0 Å². The van der Waals surface area contributed by atoms with Crippen molar-refractivity contribution >= 4 is 77.3 Å². The molecule has 0 fully saturated rings. The van der Waals surface area contributed by atoms with Crippen molar-refractivity contribution in [2.45, 2.75) is 0 Å². The molecule has 0 radical (unpaired) electrons. The van der Waals surface area contributed by atoms with Crippen LogP contribution in [0.1, 0.15) is 0 Å². The standard InChI is InChI=1S/C68H45N3/c1-3-14-46(15-4-1)48-28-35-55(36-29-48)69(56-37-30-49(31-38-56)50-32-39-57(40-33-50)70(54-22-5-2-6-23-54)64-27-13-19-51-17-9-10-24-60(51)64)59-42-43-65-63(45-59)67-61-25-11-20-52-21-12-26-62(66(52)61)68(67)71(65)58-41-34-47-16-7-8-18-53(47)44-58/h1-45H. The maximum Gasteiger partial charge on any atom is 0.0626 e. The van der Waals surface area contributed by atoms with E-state index in [9.17, 15) is 0 Å². The number of para-hydroxylation sites is 1. The maximum atomic E-state index is 2.50. The minimum atomic E-state index is 1.08. The molecule has 0 unspecified atom stereocenters. The van der Waals surface area contributed by atoms with Gasteiger partial charge < -0.3 is 14.4 Å². The molecule has 1 aromatic heterocycles. The van der Waals surface area contributed by atoms with Crippen molar-refractivity contribution < 1.29 is 0 Å². The van der Waals surface area contributed by atoms with E-state index in [2.05, 4.69) is 287 Å². The van der Waals surface area contributed by atoms with Gasteiger partial charge in [0.2, 0.25) is 0 Å². The third-order valence-corrected chi connectivity index (χ3v) is 14.5. The van der Waals surface area contributed by atoms with Crippen LogP contribution in [0, 0.1) is 0 Å². The van der Waals surface area contributed by atoms with Gasteiger partial charge in [-0.2, -0.15) is 0 Å². The molecule has 0 saturated heterocycles. The molecule has 0 spiro atoms. The molecular formula is C68H45N3. The second-order valence-corrected chi connectivity index (χ2v) is 18.5. The molecule has 332 valence electrons. The van der Waals surface area contributed by atoms with Crippen LogP contribution in [-0.4, -0.2) is 4.57 Å². The maximum absolute atomic E-state index is 2.50. The zero-order chi connectivity index (χ0) is 46.8. The smallest absolute Gasteiger partial charge is 0.0626 e. The number of hydrogen-bond donors (Lipinski definition) is 0. The van der Waals surface area contributed by atoms with Crippen molar-refractivity contribution in [1.29, 1.82) is 0 Å². The zero-order valence-electron chi connectivity index (χ0n) is 38.8. The van der Waals surface area contributed by atoms with Crippen LogP contribution in [-0.2, 0) is 0 Å². The molecule has 71 heavy (non-hydrogen) atoms. The Morgan fingerprint density at radius 3 is 1.48 bits per heavy atom. The predicted molar refractivity (Wildman–Crippen MR) is 300 cm³/mol. The Bertz CT molecular complexity index is 4130. The molecule has 0 atom stereocenters. The van der Waals surface area contributed by atoms with Crippen LogP contribution >= 0.6 is 0 Å². The summed E-state index contributed by atoms with van der Waals surface area (Å²) in [5, 5.41) is 8.71. The topological polar surface area (TPSA) is 11.4 Å². The Balaban J connectivity index is 0.889. The van der Waals surface area contributed by atoms with Gasteiger partial charge in [-0.15, -0.1) is 0 Å². The normalized spacial score (nSPS) is 11.7. The molecule has 12 aromatic carbocycles. The average molecular weight is 904 g/mol. The fourth-order valence-electron chi connectivity index (χ4n) is 11.2. The Morgan fingerprint density at radius 2 is 0.789 bits per heavy atom. The number of benzene rings is 12. The summed E-state index contributed by atoms with van der Waals surface area (Å²) in [5.74, 6) is 0. The van der Waals surface area contributed by atoms with Gasteiger partial charge in [-0.1, -0.05) is 188 Å². The number of aromatic nitrogens is 1. The Morgan fingerprint density at radius 1 is 0.282 bits per heavy atom. The summed E-state index contributed by atoms with van der Waals surface area (Å²) in [7, 11) is 0. The van der Waals surface area contributed by atoms with Crippen LogP contribution < -0.4 is 9.80 Å². The van der Waals surface area contributed by atoms with Crippen LogP contribution in [0.15, 0.2) is 273 Å². The fraction of sp³-hybridized carbons (Fsp3) is 0. The van der Waals surface area contributed by atoms with E-state index in [0.717, 1.165) is 50.9 Å². The lowest BCUT2D eigenvalue weighted by molar-refractivity contribution is 1.14. The van der Waals surface area contributed by atoms with Crippen molar-refractivity contribution in [2.75, 3.05) is 9.80 Å². The lowest BCUT2D eigenvalue weighted by atomic mass is 10.0. The third kappa shape index (κ3) is 6.82. The lowest BCUT2D eigenvalue weighted by Gasteiger charge is -2.27. The van der Waals surface area contributed by atoms with Gasteiger partial charge >= 0.3 is 0 Å². The Labute approximate surface area is 413 Å². The third-order valence-electron chi connectivity index (χ3n) is 14.5. The molecular weight excluding hydrogens is 859 g/mol. The van der Waals surface area contributed by atoms with Crippen molar-refractivity contribution in [2.24, 2.45) is 0 Å². The molecule has 0 bridgehead atoms. The summed E-state index contributed by atoms with van der Waals surface area (Å²) >= 11 is 0. The van der Waals surface area contributed by atoms with E-state index < -0.39 is 0 Å². The number of anilines is 6. The Hall–Kier alpha value is -9.44. The van der Waals surface area contributed by atoms with Crippen molar-refractivity contribution in [1.82, 2.24) is 4.57 Å². The molecule has 3 heteroatoms. The molecule has 0 saturated carbocycles. The monoisotopic (exact) mass is 903 g/mol. The van der Waals surface area contributed by atoms with E-state index in [4.69, 9.17) is 0 Å². The van der Waals surface area contributed by atoms with E-state index in [-0.39, 0.29) is 0 Å². The zero-order valence-corrected chi connectivity index (χ0v) is 38.8. The first kappa shape index (κ1) is 40.6. The van der Waals surface area contributed by atoms with Crippen LogP contribution in [0.4, 0.5) is 34.1 Å². The number of hydrogen-bond acceptors (Lipinski definition) is 2. The second kappa shape index (κ2) is 16.7. The SMILES string of the molecule is c1ccc(-c2ccc(N(c3ccc(-c4ccc(N(c5ccccc5)c5cccc6ccccc56)cc4)cc3)c3ccc4c(c3)c3c(n4-c4ccc5ccccc5c4)-c4cccc5cccc-3c45)cc2)cc1. The molecule has 0 aliphatic heterocycles. The largest absolute Gasteiger partial charge is 0.310 e. The van der Waals surface area contributed by atoms with E-state index in [1.165, 1.54) is 76.7 Å². The molecule has 13 aromatic rings. The minimum Gasteiger partial charge on any atom is -0.310 e. The van der Waals surface area contributed by atoms with E-state index in [1.54, 1.807) is 0 Å². The van der Waals surface area contributed by atoms with Gasteiger partial charge in [0.15, 0.2) is 0 Å². The molecule has 1 aliphatic rings. The molecule has 0 amide bonds. The summed E-state index contributed by atoms with van der Waals surface area (Å²) in [6.07, 6.45) is 0. The van der Waals surface area contributed by atoms with Gasteiger partial charge in [-0.05, 0) is 140 Å². The molecule has 0 N–H and O–H groups in total. The van der Waals surface area contributed by atoms with Crippen molar-refractivity contribution in [3.8, 4) is 50.3 Å². The lowest BCUT2D eigenvalue weighted by Crippen LogP contribution is -2.10. The quantitative estimate of drug-likeness (QED) is 0.143. The summed E-state index contributed by atoms with van der Waals surface area (Å²) < 4.78 is 2.50. The number of nitrogens with zero attached hydrogens (tertiary/aromatic N) is 3. The highest BCUT2D eigenvalue weighted by Gasteiger charge is 2.30. The first-order chi connectivity index (χ1) is 35.2. The number of fused-ring (bicyclic) bond motifs is 7. The first-order valence-corrected chi connectivity index (χ1v) is 24.4. The van der Waals surface area contributed by atoms with Crippen LogP contribution in [0.5, 0.6) is 0 Å². The highest BCUT2D eigenvalue weighted by molar-refractivity contribution is 6.22. The number of rotatable bonds is 9. The van der Waals surface area contributed by atoms with Crippen LogP contribution in [0.25, 0.3) is 93.5 Å². The average Bonchev–Trinajstić information content (AvgIpc) is 3.96. The van der Waals surface area contributed by atoms with Gasteiger partial charge in [0.1, 0.15) is 0 Å². The van der Waals surface area contributed by atoms with Crippen molar-refractivity contribution in [3.05, 3.63) is 273 Å². The molecule has 1 aliphatic carbocycles. The van der Waals surface area contributed by atoms with Gasteiger partial charge in [0.05, 0.1) is 16.9 Å². The summed E-state index contributed by atoms with van der Waals surface area (Å²) in [6, 6.07) is 99.6. The summed E-state index contributed by atoms with van der Waals surface area (Å²) in [4.78, 5) is 4.77. The van der Waals surface area contributed by atoms with Crippen molar-refractivity contribution in [3.63, 3.8) is 0 Å². The summed E-state index contributed by atoms with van der Waals surface area (Å²) in [6.45, 7) is 0. The van der Waals surface area contributed by atoms with Gasteiger partial charge in [-0.25, -0.2) is 0 Å². The highest BCUT2D eigenvalue weighted by Crippen LogP contribution is 2.54. The van der Waals surface area contributed by atoms with Gasteiger partial charge in [0, 0.05) is 56.0 Å². The second-order valence-electron chi connectivity index (χ2n) is 18.5. The molecule has 1 heterocycles. The Kier molecular flexibility index (Phi) is 9.53. The van der Waals surface area contributed by atoms with Gasteiger partial charge in [-0.3, -0.25) is 0 Å². The van der Waals surface area contributed by atoms with Crippen LogP contribution in [0.2, 0.25) is 0 Å². The predicted octanol–water partition coefficient (Wildman–Crippen LogP) is 19.0. The van der Waals surface area contributed by atoms with E-state index in [1.807, 2.05) is 0 Å². The first-order valence-electron chi connectivity index (χ1n) is 24.4. The van der Waals surface area contributed by atoms with E-state index in [0.29, 0.717) is 0 Å². The van der Waals surface area contributed by atoms with Gasteiger partial charge in [0.25, 0.3) is 0 Å². The fourth-order valence-corrected chi connectivity index (χ4v) is 11.2.